The molecule has 1 atom stereocenters. The standard InChI is InChI=1S/C12H15BrN4/c1-14-11(12-7-16-8-17(12)2)4-9-3-10(13)6-15-5-9/h3,5-8,11,14H,4H2,1-2H3. The highest BCUT2D eigenvalue weighted by Gasteiger charge is 2.13. The number of aryl methyl sites for hydroxylation is 1. The van der Waals surface area contributed by atoms with E-state index < -0.39 is 0 Å². The van der Waals surface area contributed by atoms with Crippen LogP contribution in [-0.2, 0) is 13.5 Å². The molecule has 5 heteroatoms. The second kappa shape index (κ2) is 5.42. The quantitative estimate of drug-likeness (QED) is 0.939. The van der Waals surface area contributed by atoms with E-state index >= 15 is 0 Å². The Morgan fingerprint density at radius 3 is 2.76 bits per heavy atom. The van der Waals surface area contributed by atoms with E-state index in [-0.39, 0.29) is 6.04 Å². The Hall–Kier alpha value is -1.20. The molecule has 2 rings (SSSR count). The number of hydrogen-bond donors (Lipinski definition) is 1. The first-order chi connectivity index (χ1) is 8.20. The van der Waals surface area contributed by atoms with Crippen molar-refractivity contribution in [3.8, 4) is 0 Å². The maximum Gasteiger partial charge on any atom is 0.0946 e. The van der Waals surface area contributed by atoms with E-state index in [0.717, 1.165) is 10.9 Å². The highest BCUT2D eigenvalue weighted by Crippen LogP contribution is 2.18. The second-order valence-electron chi connectivity index (χ2n) is 3.99. The highest BCUT2D eigenvalue weighted by atomic mass is 79.9. The molecule has 0 radical (unpaired) electrons. The van der Waals surface area contributed by atoms with E-state index in [9.17, 15) is 0 Å². The van der Waals surface area contributed by atoms with Crippen LogP contribution < -0.4 is 5.32 Å². The smallest absolute Gasteiger partial charge is 0.0946 e. The molecule has 0 amide bonds. The van der Waals surface area contributed by atoms with Crippen LogP contribution in [0, 0.1) is 0 Å². The number of nitrogens with zero attached hydrogens (tertiary/aromatic N) is 3. The molecule has 0 aliphatic rings. The summed E-state index contributed by atoms with van der Waals surface area (Å²) < 4.78 is 3.04. The van der Waals surface area contributed by atoms with Crippen LogP contribution in [0.3, 0.4) is 0 Å². The van der Waals surface area contributed by atoms with Crippen LogP contribution in [0.4, 0.5) is 0 Å². The number of nitrogens with one attached hydrogen (secondary N) is 1. The molecule has 0 bridgehead atoms. The first kappa shape index (κ1) is 12.3. The van der Waals surface area contributed by atoms with E-state index in [0.29, 0.717) is 0 Å². The van der Waals surface area contributed by atoms with E-state index in [1.54, 1.807) is 6.20 Å². The maximum atomic E-state index is 4.18. The van der Waals surface area contributed by atoms with Crippen LogP contribution in [0.5, 0.6) is 0 Å². The van der Waals surface area contributed by atoms with E-state index in [1.807, 2.05) is 37.4 Å². The van der Waals surface area contributed by atoms with Gasteiger partial charge in [0.25, 0.3) is 0 Å². The highest BCUT2D eigenvalue weighted by molar-refractivity contribution is 9.10. The molecule has 0 aliphatic carbocycles. The number of rotatable bonds is 4. The largest absolute Gasteiger partial charge is 0.336 e. The molecule has 1 unspecified atom stereocenters. The van der Waals surface area contributed by atoms with Crippen molar-refractivity contribution >= 4 is 15.9 Å². The van der Waals surface area contributed by atoms with Gasteiger partial charge in [0.05, 0.1) is 18.1 Å². The van der Waals surface area contributed by atoms with Crippen LogP contribution in [0.1, 0.15) is 17.3 Å². The lowest BCUT2D eigenvalue weighted by atomic mass is 10.1. The molecule has 0 aliphatic heterocycles. The van der Waals surface area contributed by atoms with Crippen LogP contribution in [0.25, 0.3) is 0 Å². The van der Waals surface area contributed by atoms with E-state index in [4.69, 9.17) is 0 Å². The number of pyridine rings is 1. The van der Waals surface area contributed by atoms with Crippen LogP contribution in [0.15, 0.2) is 35.5 Å². The van der Waals surface area contributed by atoms with Gasteiger partial charge < -0.3 is 9.88 Å². The number of imidazole rings is 1. The zero-order chi connectivity index (χ0) is 12.3. The summed E-state index contributed by atoms with van der Waals surface area (Å²) >= 11 is 3.44. The molecule has 17 heavy (non-hydrogen) atoms. The summed E-state index contributed by atoms with van der Waals surface area (Å²) in [6.07, 6.45) is 8.29. The van der Waals surface area contributed by atoms with E-state index in [1.165, 1.54) is 11.3 Å². The average molecular weight is 295 g/mol. The lowest BCUT2D eigenvalue weighted by Crippen LogP contribution is -2.21. The predicted octanol–water partition coefficient (Wildman–Crippen LogP) is 2.08. The third kappa shape index (κ3) is 2.92. The molecule has 2 aromatic rings. The summed E-state index contributed by atoms with van der Waals surface area (Å²) in [5.74, 6) is 0. The first-order valence-corrected chi connectivity index (χ1v) is 6.23. The SMILES string of the molecule is CNC(Cc1cncc(Br)c1)c1cncn1C. The number of hydrogen-bond acceptors (Lipinski definition) is 3. The first-order valence-electron chi connectivity index (χ1n) is 5.43. The van der Waals surface area contributed by atoms with Gasteiger partial charge in [-0.2, -0.15) is 0 Å². The van der Waals surface area contributed by atoms with Crippen molar-refractivity contribution in [1.29, 1.82) is 0 Å². The fourth-order valence-electron chi connectivity index (χ4n) is 1.86. The number of halogens is 1. The normalized spacial score (nSPS) is 12.6. The van der Waals surface area contributed by atoms with Gasteiger partial charge in [-0.3, -0.25) is 4.98 Å². The molecule has 1 N–H and O–H groups in total. The molecule has 4 nitrogen and oxygen atoms in total. The van der Waals surface area contributed by atoms with Gasteiger partial charge in [0, 0.05) is 30.1 Å². The summed E-state index contributed by atoms with van der Waals surface area (Å²) in [6.45, 7) is 0. The molecule has 0 spiro atoms. The van der Waals surface area contributed by atoms with Gasteiger partial charge in [-0.05, 0) is 41.0 Å². The summed E-state index contributed by atoms with van der Waals surface area (Å²) in [7, 11) is 3.97. The summed E-state index contributed by atoms with van der Waals surface area (Å²) in [6, 6.07) is 2.34. The van der Waals surface area contributed by atoms with E-state index in [2.05, 4.69) is 37.3 Å². The van der Waals surface area contributed by atoms with Crippen molar-refractivity contribution in [3.05, 3.63) is 46.7 Å². The molecule has 0 saturated carbocycles. The zero-order valence-corrected chi connectivity index (χ0v) is 11.5. The van der Waals surface area contributed by atoms with Crippen molar-refractivity contribution in [2.45, 2.75) is 12.5 Å². The lowest BCUT2D eigenvalue weighted by molar-refractivity contribution is 0.554. The number of aromatic nitrogens is 3. The lowest BCUT2D eigenvalue weighted by Gasteiger charge is -2.16. The fourth-order valence-corrected chi connectivity index (χ4v) is 2.27. The number of likely N-dealkylation sites (N-methyl/N-ethyl adjacent to an activating group) is 1. The van der Waals surface area contributed by atoms with Gasteiger partial charge in [0.2, 0.25) is 0 Å². The van der Waals surface area contributed by atoms with Crippen LogP contribution in [0.2, 0.25) is 0 Å². The third-order valence-electron chi connectivity index (χ3n) is 2.76. The minimum Gasteiger partial charge on any atom is -0.336 e. The van der Waals surface area contributed by atoms with Gasteiger partial charge in [0.1, 0.15) is 0 Å². The Morgan fingerprint density at radius 2 is 2.18 bits per heavy atom. The van der Waals surface area contributed by atoms with Crippen LogP contribution >= 0.6 is 15.9 Å². The molecular formula is C12H15BrN4. The monoisotopic (exact) mass is 294 g/mol. The average Bonchev–Trinajstić information content (AvgIpc) is 2.72. The molecular weight excluding hydrogens is 280 g/mol. The van der Waals surface area contributed by atoms with Crippen molar-refractivity contribution in [2.24, 2.45) is 7.05 Å². The molecule has 0 fully saturated rings. The molecule has 2 heterocycles. The predicted molar refractivity (Wildman–Crippen MR) is 70.6 cm³/mol. The second-order valence-corrected chi connectivity index (χ2v) is 4.90. The summed E-state index contributed by atoms with van der Waals surface area (Å²) in [4.78, 5) is 8.33. The van der Waals surface area contributed by atoms with Crippen LogP contribution in [-0.4, -0.2) is 21.6 Å². The van der Waals surface area contributed by atoms with Gasteiger partial charge in [0.15, 0.2) is 0 Å². The zero-order valence-electron chi connectivity index (χ0n) is 9.89. The van der Waals surface area contributed by atoms with Gasteiger partial charge in [-0.25, -0.2) is 4.98 Å². The molecule has 0 saturated heterocycles. The Balaban J connectivity index is 2.19. The van der Waals surface area contributed by atoms with Gasteiger partial charge in [-0.15, -0.1) is 0 Å². The Labute approximate surface area is 109 Å². The fraction of sp³-hybridized carbons (Fsp3) is 0.333. The topological polar surface area (TPSA) is 42.7 Å². The van der Waals surface area contributed by atoms with Crippen molar-refractivity contribution in [3.63, 3.8) is 0 Å². The van der Waals surface area contributed by atoms with Gasteiger partial charge >= 0.3 is 0 Å². The minimum atomic E-state index is 0.249. The molecule has 2 aromatic heterocycles. The minimum absolute atomic E-state index is 0.249. The van der Waals surface area contributed by atoms with Crippen molar-refractivity contribution in [2.75, 3.05) is 7.05 Å². The molecule has 0 aromatic carbocycles. The van der Waals surface area contributed by atoms with Crippen molar-refractivity contribution < 1.29 is 0 Å². The molecule has 90 valence electrons. The Kier molecular flexibility index (Phi) is 3.91. The Bertz CT molecular complexity index is 495. The van der Waals surface area contributed by atoms with Crippen molar-refractivity contribution in [1.82, 2.24) is 19.9 Å². The summed E-state index contributed by atoms with van der Waals surface area (Å²) in [5, 5.41) is 3.31. The Morgan fingerprint density at radius 1 is 1.35 bits per heavy atom. The summed E-state index contributed by atoms with van der Waals surface area (Å²) in [5.41, 5.74) is 2.37. The van der Waals surface area contributed by atoms with Gasteiger partial charge in [-0.1, -0.05) is 0 Å². The third-order valence-corrected chi connectivity index (χ3v) is 3.19. The maximum absolute atomic E-state index is 4.18.